The predicted molar refractivity (Wildman–Crippen MR) is 94.2 cm³/mol. The molecule has 1 aromatic rings. The van der Waals surface area contributed by atoms with E-state index in [-0.39, 0.29) is 18.1 Å². The van der Waals surface area contributed by atoms with Crippen molar-refractivity contribution >= 4 is 0 Å². The molecule has 1 aromatic carbocycles. The Bertz CT molecular complexity index is 472. The molecule has 0 amide bonds. The molecule has 3 unspecified atom stereocenters. The maximum atomic E-state index is 10.3. The van der Waals surface area contributed by atoms with Crippen LogP contribution < -0.4 is 4.74 Å². The summed E-state index contributed by atoms with van der Waals surface area (Å²) >= 11 is 0. The maximum absolute atomic E-state index is 10.3. The van der Waals surface area contributed by atoms with Crippen molar-refractivity contribution in [2.75, 3.05) is 0 Å². The van der Waals surface area contributed by atoms with Gasteiger partial charge in [0.25, 0.3) is 0 Å². The number of rotatable bonds is 8. The molecule has 2 rings (SSSR count). The van der Waals surface area contributed by atoms with Crippen LogP contribution in [0, 0.1) is 0 Å². The van der Waals surface area contributed by atoms with Gasteiger partial charge in [0.2, 0.25) is 0 Å². The molecule has 0 spiro atoms. The summed E-state index contributed by atoms with van der Waals surface area (Å²) in [6.45, 7) is 4.31. The second kappa shape index (κ2) is 9.17. The molecule has 3 heteroatoms. The molecule has 0 aliphatic heterocycles. The van der Waals surface area contributed by atoms with E-state index in [1.54, 1.807) is 6.07 Å². The van der Waals surface area contributed by atoms with Gasteiger partial charge in [0.05, 0.1) is 12.2 Å². The average molecular weight is 320 g/mol. The van der Waals surface area contributed by atoms with E-state index in [1.165, 1.54) is 25.7 Å². The third-order valence-corrected chi connectivity index (χ3v) is 4.89. The van der Waals surface area contributed by atoms with Crippen molar-refractivity contribution < 1.29 is 14.9 Å². The lowest BCUT2D eigenvalue weighted by Gasteiger charge is -2.27. The molecule has 1 aliphatic rings. The summed E-state index contributed by atoms with van der Waals surface area (Å²) in [5.41, 5.74) is 0.951. The van der Waals surface area contributed by atoms with Gasteiger partial charge in [-0.15, -0.1) is 0 Å². The Morgan fingerprint density at radius 1 is 1.22 bits per heavy atom. The molecule has 0 bridgehead atoms. The standard InChI is InChI=1S/C20H32O3/c1-3-4-5-6-8-15(2)23-18-11-12-19(20(22)14-18)16-9-7-10-17(21)13-16/h11-12,14-17,21-22H,3-10,13H2,1-2H3. The van der Waals surface area contributed by atoms with Gasteiger partial charge in [-0.1, -0.05) is 38.7 Å². The minimum absolute atomic E-state index is 0.175. The van der Waals surface area contributed by atoms with Crippen LogP contribution in [0.15, 0.2) is 18.2 Å². The average Bonchev–Trinajstić information content (AvgIpc) is 2.52. The van der Waals surface area contributed by atoms with Crippen molar-refractivity contribution in [1.82, 2.24) is 0 Å². The zero-order valence-corrected chi connectivity index (χ0v) is 14.6. The molecule has 0 heterocycles. The van der Waals surface area contributed by atoms with E-state index in [2.05, 4.69) is 13.8 Å². The van der Waals surface area contributed by atoms with Crippen molar-refractivity contribution in [3.63, 3.8) is 0 Å². The fraction of sp³-hybridized carbons (Fsp3) is 0.700. The van der Waals surface area contributed by atoms with E-state index < -0.39 is 0 Å². The maximum Gasteiger partial charge on any atom is 0.123 e. The van der Waals surface area contributed by atoms with Gasteiger partial charge in [-0.3, -0.25) is 0 Å². The first-order chi connectivity index (χ1) is 11.1. The molecule has 0 saturated heterocycles. The summed E-state index contributed by atoms with van der Waals surface area (Å²) < 4.78 is 5.93. The quantitative estimate of drug-likeness (QED) is 0.651. The highest BCUT2D eigenvalue weighted by molar-refractivity contribution is 5.42. The van der Waals surface area contributed by atoms with E-state index in [0.717, 1.165) is 43.4 Å². The first-order valence-electron chi connectivity index (χ1n) is 9.27. The summed E-state index contributed by atoms with van der Waals surface area (Å²) in [6.07, 6.45) is 9.69. The van der Waals surface area contributed by atoms with Gasteiger partial charge in [-0.2, -0.15) is 0 Å². The zero-order chi connectivity index (χ0) is 16.7. The lowest BCUT2D eigenvalue weighted by molar-refractivity contribution is 0.119. The number of aliphatic hydroxyl groups excluding tert-OH is 1. The van der Waals surface area contributed by atoms with Gasteiger partial charge in [0.15, 0.2) is 0 Å². The third kappa shape index (κ3) is 5.72. The van der Waals surface area contributed by atoms with Crippen LogP contribution in [0.2, 0.25) is 0 Å². The van der Waals surface area contributed by atoms with Crippen molar-refractivity contribution in [2.24, 2.45) is 0 Å². The van der Waals surface area contributed by atoms with Crippen molar-refractivity contribution in [1.29, 1.82) is 0 Å². The molecule has 130 valence electrons. The molecule has 0 radical (unpaired) electrons. The molecule has 3 nitrogen and oxygen atoms in total. The second-order valence-corrected chi connectivity index (χ2v) is 7.02. The highest BCUT2D eigenvalue weighted by atomic mass is 16.5. The number of aliphatic hydroxyl groups is 1. The number of hydrogen-bond donors (Lipinski definition) is 2. The van der Waals surface area contributed by atoms with E-state index >= 15 is 0 Å². The normalized spacial score (nSPS) is 22.7. The number of unbranched alkanes of at least 4 members (excludes halogenated alkanes) is 3. The van der Waals surface area contributed by atoms with E-state index in [9.17, 15) is 10.2 Å². The van der Waals surface area contributed by atoms with Crippen LogP contribution in [0.3, 0.4) is 0 Å². The number of phenols is 1. The van der Waals surface area contributed by atoms with Crippen molar-refractivity contribution in [3.8, 4) is 11.5 Å². The number of ether oxygens (including phenoxy) is 1. The van der Waals surface area contributed by atoms with Gasteiger partial charge >= 0.3 is 0 Å². The summed E-state index contributed by atoms with van der Waals surface area (Å²) in [5.74, 6) is 1.31. The Morgan fingerprint density at radius 2 is 2.04 bits per heavy atom. The molecule has 2 N–H and O–H groups in total. The van der Waals surface area contributed by atoms with E-state index in [1.807, 2.05) is 12.1 Å². The van der Waals surface area contributed by atoms with Crippen molar-refractivity contribution in [2.45, 2.75) is 89.8 Å². The Hall–Kier alpha value is -1.22. The molecule has 1 fully saturated rings. The number of benzene rings is 1. The highest BCUT2D eigenvalue weighted by Crippen LogP contribution is 2.38. The number of phenolic OH excluding ortho intramolecular Hbond substituents is 1. The van der Waals surface area contributed by atoms with Gasteiger partial charge in [-0.05, 0) is 56.6 Å². The first kappa shape index (κ1) is 18.1. The fourth-order valence-electron chi connectivity index (χ4n) is 3.54. The first-order valence-corrected chi connectivity index (χ1v) is 9.27. The summed E-state index contributed by atoms with van der Waals surface area (Å²) in [7, 11) is 0. The molecular weight excluding hydrogens is 288 g/mol. The van der Waals surface area contributed by atoms with Crippen LogP contribution in [0.4, 0.5) is 0 Å². The molecular formula is C20H32O3. The van der Waals surface area contributed by atoms with Crippen LogP contribution in [-0.2, 0) is 0 Å². The Kier molecular flexibility index (Phi) is 7.22. The fourth-order valence-corrected chi connectivity index (χ4v) is 3.54. The molecule has 0 aromatic heterocycles. The van der Waals surface area contributed by atoms with Crippen LogP contribution in [0.5, 0.6) is 11.5 Å². The number of aromatic hydroxyl groups is 1. The topological polar surface area (TPSA) is 49.7 Å². The lowest BCUT2D eigenvalue weighted by Crippen LogP contribution is -2.18. The van der Waals surface area contributed by atoms with Crippen LogP contribution in [-0.4, -0.2) is 22.4 Å². The van der Waals surface area contributed by atoms with Gasteiger partial charge in [0.1, 0.15) is 11.5 Å². The number of hydrogen-bond acceptors (Lipinski definition) is 3. The molecule has 1 aliphatic carbocycles. The lowest BCUT2D eigenvalue weighted by atomic mass is 9.82. The van der Waals surface area contributed by atoms with E-state index in [4.69, 9.17) is 4.74 Å². The second-order valence-electron chi connectivity index (χ2n) is 7.02. The SMILES string of the molecule is CCCCCCC(C)Oc1ccc(C2CCCC(O)C2)c(O)c1. The Balaban J connectivity index is 1.88. The predicted octanol–water partition coefficient (Wildman–Crippen LogP) is 5.15. The monoisotopic (exact) mass is 320 g/mol. The van der Waals surface area contributed by atoms with Crippen LogP contribution in [0.25, 0.3) is 0 Å². The molecule has 1 saturated carbocycles. The Labute approximate surface area is 140 Å². The summed E-state index contributed by atoms with van der Waals surface area (Å²) in [5, 5.41) is 20.1. The zero-order valence-electron chi connectivity index (χ0n) is 14.6. The van der Waals surface area contributed by atoms with Gasteiger partial charge in [-0.25, -0.2) is 0 Å². The van der Waals surface area contributed by atoms with Crippen LogP contribution in [0.1, 0.15) is 83.1 Å². The van der Waals surface area contributed by atoms with Gasteiger partial charge in [0, 0.05) is 6.07 Å². The third-order valence-electron chi connectivity index (χ3n) is 4.89. The summed E-state index contributed by atoms with van der Waals surface area (Å²) in [6, 6.07) is 5.66. The van der Waals surface area contributed by atoms with E-state index in [0.29, 0.717) is 5.75 Å². The summed E-state index contributed by atoms with van der Waals surface area (Å²) in [4.78, 5) is 0. The minimum atomic E-state index is -0.229. The smallest absolute Gasteiger partial charge is 0.123 e. The highest BCUT2D eigenvalue weighted by Gasteiger charge is 2.24. The van der Waals surface area contributed by atoms with Crippen molar-refractivity contribution in [3.05, 3.63) is 23.8 Å². The van der Waals surface area contributed by atoms with Crippen LogP contribution >= 0.6 is 0 Å². The Morgan fingerprint density at radius 3 is 2.74 bits per heavy atom. The van der Waals surface area contributed by atoms with Gasteiger partial charge < -0.3 is 14.9 Å². The molecule has 3 atom stereocenters. The molecule has 23 heavy (non-hydrogen) atoms. The minimum Gasteiger partial charge on any atom is -0.508 e. The largest absolute Gasteiger partial charge is 0.508 e.